The van der Waals surface area contributed by atoms with Gasteiger partial charge in [-0.25, -0.2) is 9.18 Å². The second-order valence-corrected chi connectivity index (χ2v) is 8.05. The van der Waals surface area contributed by atoms with Crippen molar-refractivity contribution in [3.8, 4) is 11.1 Å². The van der Waals surface area contributed by atoms with E-state index in [-0.39, 0.29) is 30.3 Å². The highest BCUT2D eigenvalue weighted by atomic mass is 19.1. The number of carboxylic acids is 1. The van der Waals surface area contributed by atoms with Crippen LogP contribution >= 0.6 is 0 Å². The lowest BCUT2D eigenvalue weighted by Gasteiger charge is -2.19. The number of fused-ring (bicyclic) bond motifs is 3. The Kier molecular flexibility index (Phi) is 6.91. The van der Waals surface area contributed by atoms with Gasteiger partial charge in [0.25, 0.3) is 5.91 Å². The summed E-state index contributed by atoms with van der Waals surface area (Å²) in [5.74, 6) is -2.82. The standard InChI is InChI=1S/C27H23FN2O5/c1-2-11-30(15-25(31)32)26(33)17-12-18(28)14-19(13-17)29-27(34)35-16-24-22-9-5-3-7-20(22)21-8-4-6-10-23(21)24/h2-10,12-14,24H,1,11,15-16H2,(H,29,34)(H,31,32). The summed E-state index contributed by atoms with van der Waals surface area (Å²) < 4.78 is 19.7. The highest BCUT2D eigenvalue weighted by molar-refractivity contribution is 5.97. The number of amides is 2. The monoisotopic (exact) mass is 474 g/mol. The van der Waals surface area contributed by atoms with E-state index < -0.39 is 30.3 Å². The molecule has 0 saturated heterocycles. The number of carboxylic acid groups (broad SMARTS) is 1. The van der Waals surface area contributed by atoms with Crippen molar-refractivity contribution in [2.24, 2.45) is 0 Å². The van der Waals surface area contributed by atoms with E-state index in [1.165, 1.54) is 12.1 Å². The fourth-order valence-corrected chi connectivity index (χ4v) is 4.26. The van der Waals surface area contributed by atoms with Gasteiger partial charge in [0.2, 0.25) is 0 Å². The van der Waals surface area contributed by atoms with Crippen LogP contribution in [0.15, 0.2) is 79.4 Å². The number of nitrogens with zero attached hydrogens (tertiary/aromatic N) is 1. The lowest BCUT2D eigenvalue weighted by molar-refractivity contribution is -0.137. The van der Waals surface area contributed by atoms with E-state index in [9.17, 15) is 18.8 Å². The second kappa shape index (κ2) is 10.2. The molecular formula is C27H23FN2O5. The number of rotatable bonds is 8. The number of carbonyl (C=O) groups excluding carboxylic acids is 2. The number of nitrogens with one attached hydrogen (secondary N) is 1. The average molecular weight is 474 g/mol. The molecule has 2 N–H and O–H groups in total. The van der Waals surface area contributed by atoms with Crippen molar-refractivity contribution < 1.29 is 28.6 Å². The van der Waals surface area contributed by atoms with Crippen LogP contribution < -0.4 is 5.32 Å². The molecule has 178 valence electrons. The smallest absolute Gasteiger partial charge is 0.411 e. The summed E-state index contributed by atoms with van der Waals surface area (Å²) in [5, 5.41) is 11.5. The third-order valence-electron chi connectivity index (χ3n) is 5.70. The van der Waals surface area contributed by atoms with Gasteiger partial charge in [-0.05, 0) is 40.5 Å². The number of anilines is 1. The molecule has 0 heterocycles. The lowest BCUT2D eigenvalue weighted by atomic mass is 9.98. The van der Waals surface area contributed by atoms with Gasteiger partial charge < -0.3 is 14.7 Å². The summed E-state index contributed by atoms with van der Waals surface area (Å²) >= 11 is 0. The maximum absolute atomic E-state index is 14.2. The molecule has 0 saturated carbocycles. The van der Waals surface area contributed by atoms with Gasteiger partial charge in [-0.3, -0.25) is 14.9 Å². The maximum atomic E-state index is 14.2. The Balaban J connectivity index is 1.46. The Labute approximate surface area is 201 Å². The Morgan fingerprint density at radius 2 is 1.66 bits per heavy atom. The Bertz CT molecular complexity index is 1260. The number of carbonyl (C=O) groups is 3. The fourth-order valence-electron chi connectivity index (χ4n) is 4.26. The SMILES string of the molecule is C=CCN(CC(=O)O)C(=O)c1cc(F)cc(NC(=O)OCC2c3ccccc3-c3ccccc32)c1. The van der Waals surface area contributed by atoms with E-state index in [0.29, 0.717) is 0 Å². The molecule has 0 bridgehead atoms. The minimum absolute atomic E-state index is 0.0134. The first-order valence-electron chi connectivity index (χ1n) is 10.9. The molecule has 1 aliphatic carbocycles. The summed E-state index contributed by atoms with van der Waals surface area (Å²) in [4.78, 5) is 37.3. The zero-order valence-electron chi connectivity index (χ0n) is 18.7. The van der Waals surface area contributed by atoms with Gasteiger partial charge in [-0.1, -0.05) is 54.6 Å². The van der Waals surface area contributed by atoms with E-state index in [1.54, 1.807) is 0 Å². The first kappa shape index (κ1) is 23.7. The lowest BCUT2D eigenvalue weighted by Crippen LogP contribution is -2.35. The number of hydrogen-bond acceptors (Lipinski definition) is 4. The highest BCUT2D eigenvalue weighted by Gasteiger charge is 2.29. The van der Waals surface area contributed by atoms with Crippen molar-refractivity contribution in [3.63, 3.8) is 0 Å². The molecule has 0 unspecified atom stereocenters. The van der Waals surface area contributed by atoms with E-state index in [4.69, 9.17) is 9.84 Å². The third-order valence-corrected chi connectivity index (χ3v) is 5.70. The number of benzene rings is 3. The number of hydrogen-bond donors (Lipinski definition) is 2. The van der Waals surface area contributed by atoms with Crippen LogP contribution in [0.5, 0.6) is 0 Å². The van der Waals surface area contributed by atoms with Gasteiger partial charge in [-0.15, -0.1) is 6.58 Å². The topological polar surface area (TPSA) is 95.9 Å². The van der Waals surface area contributed by atoms with E-state index in [2.05, 4.69) is 11.9 Å². The van der Waals surface area contributed by atoms with Gasteiger partial charge in [0.05, 0.1) is 0 Å². The molecule has 0 radical (unpaired) electrons. The summed E-state index contributed by atoms with van der Waals surface area (Å²) in [5.41, 5.74) is 4.20. The van der Waals surface area contributed by atoms with Crippen LogP contribution in [0.1, 0.15) is 27.4 Å². The van der Waals surface area contributed by atoms with Gasteiger partial charge in [0, 0.05) is 23.7 Å². The van der Waals surface area contributed by atoms with Crippen molar-refractivity contribution >= 4 is 23.7 Å². The molecule has 0 aliphatic heterocycles. The van der Waals surface area contributed by atoms with E-state index in [1.807, 2.05) is 48.5 Å². The number of aliphatic carboxylic acids is 1. The van der Waals surface area contributed by atoms with Gasteiger partial charge in [-0.2, -0.15) is 0 Å². The first-order chi connectivity index (χ1) is 16.9. The van der Waals surface area contributed by atoms with Gasteiger partial charge >= 0.3 is 12.1 Å². The molecule has 3 aromatic carbocycles. The Hall–Kier alpha value is -4.46. The van der Waals surface area contributed by atoms with Crippen molar-refractivity contribution in [2.75, 3.05) is 25.0 Å². The van der Waals surface area contributed by atoms with Crippen molar-refractivity contribution in [1.29, 1.82) is 0 Å². The normalized spacial score (nSPS) is 11.8. The predicted octanol–water partition coefficient (Wildman–Crippen LogP) is 4.90. The van der Waals surface area contributed by atoms with Gasteiger partial charge in [0.15, 0.2) is 0 Å². The molecule has 35 heavy (non-hydrogen) atoms. The van der Waals surface area contributed by atoms with E-state index in [0.717, 1.165) is 39.3 Å². The van der Waals surface area contributed by atoms with Crippen molar-refractivity contribution in [2.45, 2.75) is 5.92 Å². The summed E-state index contributed by atoms with van der Waals surface area (Å²) in [7, 11) is 0. The highest BCUT2D eigenvalue weighted by Crippen LogP contribution is 2.44. The van der Waals surface area contributed by atoms with Crippen LogP contribution in [-0.4, -0.2) is 47.7 Å². The molecule has 0 spiro atoms. The minimum Gasteiger partial charge on any atom is -0.480 e. The Morgan fingerprint density at radius 3 is 2.26 bits per heavy atom. The van der Waals surface area contributed by atoms with E-state index >= 15 is 0 Å². The summed E-state index contributed by atoms with van der Waals surface area (Å²) in [6.45, 7) is 2.98. The molecule has 0 fully saturated rings. The van der Waals surface area contributed by atoms with Crippen LogP contribution in [0, 0.1) is 5.82 Å². The number of ether oxygens (including phenoxy) is 1. The molecule has 8 heteroatoms. The summed E-state index contributed by atoms with van der Waals surface area (Å²) in [6, 6.07) is 19.1. The Morgan fingerprint density at radius 1 is 1.03 bits per heavy atom. The fraction of sp³-hybridized carbons (Fsp3) is 0.148. The molecule has 1 aliphatic rings. The molecule has 0 aromatic heterocycles. The van der Waals surface area contributed by atoms with Crippen LogP contribution in [-0.2, 0) is 9.53 Å². The molecular weight excluding hydrogens is 451 g/mol. The molecule has 0 atom stereocenters. The quantitative estimate of drug-likeness (QED) is 0.453. The van der Waals surface area contributed by atoms with Crippen LogP contribution in [0.4, 0.5) is 14.9 Å². The first-order valence-corrected chi connectivity index (χ1v) is 10.9. The average Bonchev–Trinajstić information content (AvgIpc) is 3.15. The van der Waals surface area contributed by atoms with Crippen LogP contribution in [0.25, 0.3) is 11.1 Å². The minimum atomic E-state index is -1.21. The predicted molar refractivity (Wildman–Crippen MR) is 129 cm³/mol. The second-order valence-electron chi connectivity index (χ2n) is 8.05. The van der Waals surface area contributed by atoms with Gasteiger partial charge in [0.1, 0.15) is 19.0 Å². The van der Waals surface area contributed by atoms with Crippen LogP contribution in [0.3, 0.4) is 0 Å². The zero-order valence-corrected chi connectivity index (χ0v) is 18.7. The van der Waals surface area contributed by atoms with Crippen molar-refractivity contribution in [3.05, 3.63) is 102 Å². The number of halogens is 1. The molecule has 7 nitrogen and oxygen atoms in total. The summed E-state index contributed by atoms with van der Waals surface area (Å²) in [6.07, 6.45) is 0.569. The van der Waals surface area contributed by atoms with Crippen molar-refractivity contribution in [1.82, 2.24) is 4.90 Å². The largest absolute Gasteiger partial charge is 0.480 e. The third kappa shape index (κ3) is 5.22. The molecule has 3 aromatic rings. The molecule has 4 rings (SSSR count). The maximum Gasteiger partial charge on any atom is 0.411 e. The zero-order chi connectivity index (χ0) is 24.9. The molecule has 2 amide bonds. The van der Waals surface area contributed by atoms with Crippen LogP contribution in [0.2, 0.25) is 0 Å².